The van der Waals surface area contributed by atoms with Crippen molar-refractivity contribution in [3.8, 4) is 5.88 Å². The predicted molar refractivity (Wildman–Crippen MR) is 151 cm³/mol. The van der Waals surface area contributed by atoms with Gasteiger partial charge in [-0.3, -0.25) is 13.9 Å². The van der Waals surface area contributed by atoms with Crippen LogP contribution >= 0.6 is 7.67 Å². The molecule has 2 aromatic rings. The summed E-state index contributed by atoms with van der Waals surface area (Å²) in [7, 11) is -2.43. The number of imidazole rings is 1. The van der Waals surface area contributed by atoms with Gasteiger partial charge < -0.3 is 34.7 Å². The second kappa shape index (κ2) is 13.3. The van der Waals surface area contributed by atoms with E-state index in [2.05, 4.69) is 25.1 Å². The molecular weight excluding hydrogens is 557 g/mol. The van der Waals surface area contributed by atoms with Crippen molar-refractivity contribution in [1.29, 1.82) is 0 Å². The van der Waals surface area contributed by atoms with Gasteiger partial charge in [0.25, 0.3) is 0 Å². The van der Waals surface area contributed by atoms with Crippen molar-refractivity contribution >= 4 is 30.8 Å². The molecule has 6 N–H and O–H groups in total. The molecule has 6 unspecified atom stereocenters. The Labute approximate surface area is 240 Å². The minimum absolute atomic E-state index is 0.0783. The number of hydrogen-bond donors (Lipinski definition) is 5. The van der Waals surface area contributed by atoms with Gasteiger partial charge in [-0.05, 0) is 25.7 Å². The van der Waals surface area contributed by atoms with E-state index in [0.29, 0.717) is 6.54 Å². The molecule has 0 saturated carbocycles. The molecule has 0 radical (unpaired) electrons. The first-order valence-electron chi connectivity index (χ1n) is 13.7. The number of fused-ring (bicyclic) bond motifs is 1. The van der Waals surface area contributed by atoms with Gasteiger partial charge in [0.2, 0.25) is 11.8 Å². The quantitative estimate of drug-likeness (QED) is 0.119. The summed E-state index contributed by atoms with van der Waals surface area (Å²) in [5, 5.41) is 27.9. The van der Waals surface area contributed by atoms with Crippen molar-refractivity contribution < 1.29 is 38.3 Å². The number of anilines is 1. The average molecular weight is 602 g/mol. The first kappa shape index (κ1) is 33.1. The SMILES string of the molecule is CCCCCNP(=O)(NC(C)C(=O)OCC(C)(C)C)OCC1OC(n2cnc3c(OC)nc(N)nc32)C(C)(O)C1O. The van der Waals surface area contributed by atoms with Gasteiger partial charge in [-0.2, -0.15) is 9.97 Å². The van der Waals surface area contributed by atoms with E-state index in [1.807, 2.05) is 27.7 Å². The largest absolute Gasteiger partial charge is 0.479 e. The molecule has 0 amide bonds. The number of nitrogens with two attached hydrogens (primary N) is 1. The first-order chi connectivity index (χ1) is 19.1. The third kappa shape index (κ3) is 8.13. The Morgan fingerprint density at radius 3 is 2.68 bits per heavy atom. The number of rotatable bonds is 14. The van der Waals surface area contributed by atoms with Crippen LogP contribution in [0, 0.1) is 5.41 Å². The average Bonchev–Trinajstić information content (AvgIpc) is 3.40. The summed E-state index contributed by atoms with van der Waals surface area (Å²) in [6.45, 7) is 10.9. The number of carbonyl (C=O) groups excluding carboxylic acids is 1. The van der Waals surface area contributed by atoms with Gasteiger partial charge in [-0.15, -0.1) is 0 Å². The van der Waals surface area contributed by atoms with Crippen LogP contribution in [0.25, 0.3) is 11.2 Å². The highest BCUT2D eigenvalue weighted by atomic mass is 31.2. The maximum Gasteiger partial charge on any atom is 0.341 e. The van der Waals surface area contributed by atoms with Crippen molar-refractivity contribution in [3.63, 3.8) is 0 Å². The highest BCUT2D eigenvalue weighted by Gasteiger charge is 2.54. The molecule has 1 aliphatic rings. The van der Waals surface area contributed by atoms with Crippen LogP contribution in [0.3, 0.4) is 0 Å². The number of nitrogen functional groups attached to an aromatic ring is 1. The standard InChI is InChI=1S/C25H44N7O8P/c1-8-9-10-11-28-41(36,31-15(2)21(34)38-13-24(3,4)5)39-12-16-18(33)25(6,35)22(40-16)32-14-27-17-19(32)29-23(26)30-20(17)37-7/h14-16,18,22,33,35H,8-13H2,1-7H3,(H2,26,29,30)(H2,28,31,36). The van der Waals surface area contributed by atoms with Gasteiger partial charge in [0.15, 0.2) is 17.4 Å². The van der Waals surface area contributed by atoms with Crippen LogP contribution in [0.5, 0.6) is 5.88 Å². The van der Waals surface area contributed by atoms with Crippen LogP contribution in [0.4, 0.5) is 5.95 Å². The molecule has 1 aliphatic heterocycles. The molecule has 0 bridgehead atoms. The third-order valence-corrected chi connectivity index (χ3v) is 8.37. The molecule has 41 heavy (non-hydrogen) atoms. The Hall–Kier alpha value is -2.39. The van der Waals surface area contributed by atoms with Crippen LogP contribution < -0.4 is 20.6 Å². The number of hydrogen-bond acceptors (Lipinski definition) is 12. The lowest BCUT2D eigenvalue weighted by Gasteiger charge is -2.27. The van der Waals surface area contributed by atoms with Gasteiger partial charge in [-0.1, -0.05) is 40.5 Å². The minimum atomic E-state index is -3.84. The molecule has 16 heteroatoms. The zero-order chi connectivity index (χ0) is 30.6. The van der Waals surface area contributed by atoms with Crippen LogP contribution in [-0.4, -0.2) is 86.4 Å². The topological polar surface area (TPSA) is 205 Å². The van der Waals surface area contributed by atoms with Crippen LogP contribution in [0.1, 0.15) is 67.0 Å². The van der Waals surface area contributed by atoms with Gasteiger partial charge in [-0.25, -0.2) is 15.2 Å². The number of nitrogens with zero attached hydrogens (tertiary/aromatic N) is 4. The van der Waals surface area contributed by atoms with Crippen molar-refractivity contribution in [2.75, 3.05) is 32.6 Å². The molecule has 0 aliphatic carbocycles. The number of unbranched alkanes of at least 4 members (excludes halogenated alkanes) is 2. The highest BCUT2D eigenvalue weighted by molar-refractivity contribution is 7.54. The Morgan fingerprint density at radius 1 is 1.34 bits per heavy atom. The van der Waals surface area contributed by atoms with Gasteiger partial charge in [0.1, 0.15) is 23.9 Å². The fourth-order valence-corrected chi connectivity index (χ4v) is 5.91. The van der Waals surface area contributed by atoms with E-state index in [-0.39, 0.29) is 41.6 Å². The molecule has 1 fully saturated rings. The van der Waals surface area contributed by atoms with E-state index in [4.69, 9.17) is 24.5 Å². The fraction of sp³-hybridized carbons (Fsp3) is 0.760. The predicted octanol–water partition coefficient (Wildman–Crippen LogP) is 1.90. The van der Waals surface area contributed by atoms with Crippen molar-refractivity contribution in [2.45, 2.75) is 90.9 Å². The Morgan fingerprint density at radius 2 is 2.05 bits per heavy atom. The maximum atomic E-state index is 13.8. The van der Waals surface area contributed by atoms with E-state index in [1.165, 1.54) is 31.9 Å². The molecule has 6 atom stereocenters. The smallest absolute Gasteiger partial charge is 0.341 e. The lowest BCUT2D eigenvalue weighted by atomic mass is 9.96. The summed E-state index contributed by atoms with van der Waals surface area (Å²) in [5.41, 5.74) is 4.25. The van der Waals surface area contributed by atoms with E-state index in [9.17, 15) is 19.6 Å². The molecule has 2 aromatic heterocycles. The monoisotopic (exact) mass is 601 g/mol. The molecule has 15 nitrogen and oxygen atoms in total. The molecule has 3 heterocycles. The van der Waals surface area contributed by atoms with Gasteiger partial charge in [0, 0.05) is 6.54 Å². The van der Waals surface area contributed by atoms with Gasteiger partial charge >= 0.3 is 13.6 Å². The second-order valence-corrected chi connectivity index (χ2v) is 13.5. The van der Waals surface area contributed by atoms with Crippen molar-refractivity contribution in [2.24, 2.45) is 5.41 Å². The van der Waals surface area contributed by atoms with Crippen LogP contribution in [0.2, 0.25) is 0 Å². The number of aliphatic hydroxyl groups excluding tert-OH is 1. The highest BCUT2D eigenvalue weighted by Crippen LogP contribution is 2.44. The summed E-state index contributed by atoms with van der Waals surface area (Å²) in [6, 6.07) is -0.954. The van der Waals surface area contributed by atoms with E-state index < -0.39 is 43.7 Å². The molecule has 1 saturated heterocycles. The molecule has 0 spiro atoms. The van der Waals surface area contributed by atoms with Crippen molar-refractivity contribution in [3.05, 3.63) is 6.33 Å². The minimum Gasteiger partial charge on any atom is -0.479 e. The lowest BCUT2D eigenvalue weighted by molar-refractivity contribution is -0.148. The summed E-state index contributed by atoms with van der Waals surface area (Å²) < 4.78 is 37.6. The number of carbonyl (C=O) groups is 1. The second-order valence-electron chi connectivity index (χ2n) is 11.6. The number of esters is 1. The fourth-order valence-electron chi connectivity index (χ4n) is 4.23. The Bertz CT molecular complexity index is 1230. The summed E-state index contributed by atoms with van der Waals surface area (Å²) in [6.07, 6.45) is 0.242. The van der Waals surface area contributed by atoms with Gasteiger partial charge in [0.05, 0.1) is 26.7 Å². The molecule has 232 valence electrons. The number of aliphatic hydroxyl groups is 2. The lowest BCUT2D eigenvalue weighted by Crippen LogP contribution is -2.45. The van der Waals surface area contributed by atoms with E-state index in [1.54, 1.807) is 0 Å². The normalized spacial score (nSPS) is 25.2. The first-order valence-corrected chi connectivity index (χ1v) is 15.3. The van der Waals surface area contributed by atoms with Crippen LogP contribution in [0.15, 0.2) is 6.33 Å². The third-order valence-electron chi connectivity index (χ3n) is 6.49. The Balaban J connectivity index is 1.76. The maximum absolute atomic E-state index is 13.8. The number of ether oxygens (including phenoxy) is 3. The summed E-state index contributed by atoms with van der Waals surface area (Å²) in [4.78, 5) is 25.0. The summed E-state index contributed by atoms with van der Waals surface area (Å²) >= 11 is 0. The van der Waals surface area contributed by atoms with E-state index >= 15 is 0 Å². The molecule has 3 rings (SSSR count). The number of nitrogens with one attached hydrogen (secondary N) is 2. The molecular formula is C25H44N7O8P. The van der Waals surface area contributed by atoms with Crippen molar-refractivity contribution in [1.82, 2.24) is 29.7 Å². The number of methoxy groups -OCH3 is 1. The summed E-state index contributed by atoms with van der Waals surface area (Å²) in [5.74, 6) is -0.519. The number of aromatic nitrogens is 4. The Kier molecular flexibility index (Phi) is 10.7. The zero-order valence-electron chi connectivity index (χ0n) is 24.8. The van der Waals surface area contributed by atoms with E-state index in [0.717, 1.165) is 19.3 Å². The molecule has 0 aromatic carbocycles. The van der Waals surface area contributed by atoms with Crippen LogP contribution in [-0.2, 0) is 23.4 Å². The zero-order valence-corrected chi connectivity index (χ0v) is 25.7.